The fraction of sp³-hybridized carbons (Fsp3) is 0.556. The number of piperazine rings is 1. The molecule has 0 aromatic carbocycles. The number of fused-ring (bicyclic) bond motifs is 2. The highest BCUT2D eigenvalue weighted by molar-refractivity contribution is 5.83. The van der Waals surface area contributed by atoms with Gasteiger partial charge in [-0.2, -0.15) is 10.1 Å². The lowest BCUT2D eigenvalue weighted by molar-refractivity contribution is -0.136. The van der Waals surface area contributed by atoms with E-state index in [-0.39, 0.29) is 18.0 Å². The fourth-order valence-corrected chi connectivity index (χ4v) is 4.26. The van der Waals surface area contributed by atoms with Crippen LogP contribution >= 0.6 is 0 Å². The Kier molecular flexibility index (Phi) is 3.76. The molecule has 2 aromatic heterocycles. The molecule has 0 spiro atoms. The number of carbonyl (C=O) groups excluding carboxylic acids is 1. The molecule has 27 heavy (non-hydrogen) atoms. The van der Waals surface area contributed by atoms with Crippen molar-refractivity contribution in [1.29, 1.82) is 0 Å². The molecule has 142 valence electrons. The molecule has 5 rings (SSSR count). The van der Waals surface area contributed by atoms with Gasteiger partial charge >= 0.3 is 0 Å². The number of hydrogen-bond acceptors (Lipinski definition) is 6. The van der Waals surface area contributed by atoms with Gasteiger partial charge in [-0.1, -0.05) is 0 Å². The van der Waals surface area contributed by atoms with Gasteiger partial charge in [0.1, 0.15) is 12.0 Å². The summed E-state index contributed by atoms with van der Waals surface area (Å²) in [5, 5.41) is 7.29. The Balaban J connectivity index is 1.30. The van der Waals surface area contributed by atoms with E-state index in [1.54, 1.807) is 17.1 Å². The number of aromatic nitrogens is 4. The normalized spacial score (nSPS) is 29.1. The largest absolute Gasteiger partial charge is 0.352 e. The number of halogens is 1. The third-order valence-corrected chi connectivity index (χ3v) is 5.69. The zero-order chi connectivity index (χ0) is 18.5. The monoisotopic (exact) mass is 371 g/mol. The van der Waals surface area contributed by atoms with Crippen molar-refractivity contribution in [2.24, 2.45) is 13.0 Å². The third kappa shape index (κ3) is 3.00. The summed E-state index contributed by atoms with van der Waals surface area (Å²) in [6.07, 6.45) is 6.72. The minimum absolute atomic E-state index is 0.0104. The van der Waals surface area contributed by atoms with Gasteiger partial charge in [-0.05, 0) is 25.3 Å². The van der Waals surface area contributed by atoms with Gasteiger partial charge in [-0.3, -0.25) is 9.48 Å². The first-order valence-electron chi connectivity index (χ1n) is 9.38. The molecule has 1 N–H and O–H groups in total. The molecule has 3 fully saturated rings. The summed E-state index contributed by atoms with van der Waals surface area (Å²) >= 11 is 0. The second-order valence-corrected chi connectivity index (χ2v) is 7.66. The van der Waals surface area contributed by atoms with Crippen molar-refractivity contribution in [3.63, 3.8) is 0 Å². The molecule has 2 aliphatic heterocycles. The van der Waals surface area contributed by atoms with E-state index in [1.165, 1.54) is 0 Å². The molecule has 2 bridgehead atoms. The fourth-order valence-electron chi connectivity index (χ4n) is 4.26. The number of hydrogen-bond donors (Lipinski definition) is 1. The molecule has 2 saturated heterocycles. The average Bonchev–Trinajstić information content (AvgIpc) is 3.16. The van der Waals surface area contributed by atoms with Gasteiger partial charge in [0.2, 0.25) is 11.9 Å². The second kappa shape index (κ2) is 6.17. The smallest absolute Gasteiger partial charge is 0.229 e. The molecule has 2 aromatic rings. The zero-order valence-corrected chi connectivity index (χ0v) is 15.1. The number of amides is 1. The van der Waals surface area contributed by atoms with Gasteiger partial charge in [0.25, 0.3) is 0 Å². The van der Waals surface area contributed by atoms with E-state index in [4.69, 9.17) is 0 Å². The lowest BCUT2D eigenvalue weighted by Crippen LogP contribution is -2.56. The van der Waals surface area contributed by atoms with Gasteiger partial charge in [0, 0.05) is 44.6 Å². The topological polar surface area (TPSA) is 79.2 Å². The maximum atomic E-state index is 13.3. The highest BCUT2D eigenvalue weighted by Gasteiger charge is 2.51. The first-order chi connectivity index (χ1) is 13.1. The molecule has 1 saturated carbocycles. The summed E-state index contributed by atoms with van der Waals surface area (Å²) in [7, 11) is 1.85. The SMILES string of the molecule is Cn1cc(Nc2nccc(N3CC4CC[C@H](C3)N4C(=O)[C@H]3C[C@H]3F)n2)cn1. The molecule has 1 aliphatic carbocycles. The third-order valence-electron chi connectivity index (χ3n) is 5.69. The molecular weight excluding hydrogens is 349 g/mol. The van der Waals surface area contributed by atoms with Gasteiger partial charge in [-0.15, -0.1) is 0 Å². The van der Waals surface area contributed by atoms with Crippen LogP contribution in [0.1, 0.15) is 19.3 Å². The van der Waals surface area contributed by atoms with Crippen molar-refractivity contribution >= 4 is 23.4 Å². The van der Waals surface area contributed by atoms with Crippen molar-refractivity contribution < 1.29 is 9.18 Å². The maximum absolute atomic E-state index is 13.3. The number of nitrogens with zero attached hydrogens (tertiary/aromatic N) is 6. The average molecular weight is 371 g/mol. The Morgan fingerprint density at radius 2 is 2.04 bits per heavy atom. The van der Waals surface area contributed by atoms with Crippen LogP contribution in [0.15, 0.2) is 24.7 Å². The quantitative estimate of drug-likeness (QED) is 0.877. The Bertz CT molecular complexity index is 857. The summed E-state index contributed by atoms with van der Waals surface area (Å²) in [5.41, 5.74) is 0.829. The van der Waals surface area contributed by atoms with Crippen LogP contribution in [0.2, 0.25) is 0 Å². The van der Waals surface area contributed by atoms with Crippen LogP contribution in [0.3, 0.4) is 0 Å². The van der Waals surface area contributed by atoms with Crippen molar-refractivity contribution in [1.82, 2.24) is 24.6 Å². The minimum atomic E-state index is -0.932. The summed E-state index contributed by atoms with van der Waals surface area (Å²) < 4.78 is 15.0. The molecule has 9 heteroatoms. The predicted octanol–water partition coefficient (Wildman–Crippen LogP) is 1.49. The van der Waals surface area contributed by atoms with Crippen LogP contribution in [0.4, 0.5) is 21.8 Å². The van der Waals surface area contributed by atoms with Crippen molar-refractivity contribution in [3.8, 4) is 0 Å². The van der Waals surface area contributed by atoms with Crippen molar-refractivity contribution in [2.45, 2.75) is 37.5 Å². The van der Waals surface area contributed by atoms with Gasteiger partial charge in [0.05, 0.1) is 17.8 Å². The molecular formula is C18H22FN7O. The number of anilines is 3. The Morgan fingerprint density at radius 3 is 2.67 bits per heavy atom. The lowest BCUT2D eigenvalue weighted by Gasteiger charge is -2.41. The molecule has 0 radical (unpaired) electrons. The number of carbonyl (C=O) groups is 1. The van der Waals surface area contributed by atoms with E-state index in [9.17, 15) is 9.18 Å². The van der Waals surface area contributed by atoms with Crippen molar-refractivity contribution in [2.75, 3.05) is 23.3 Å². The summed E-state index contributed by atoms with van der Waals surface area (Å²) in [6.45, 7) is 1.46. The molecule has 3 aliphatic rings. The summed E-state index contributed by atoms with van der Waals surface area (Å²) in [6, 6.07) is 2.19. The first kappa shape index (κ1) is 16.5. The van der Waals surface area contributed by atoms with Gasteiger partial charge < -0.3 is 15.1 Å². The predicted molar refractivity (Wildman–Crippen MR) is 97.4 cm³/mol. The standard InChI is InChI=1S/C18H22FN7O/c1-24-8-11(7-21-24)22-18-20-5-4-16(23-18)25-9-12-2-3-13(10-25)26(12)17(27)14-6-15(14)19/h4-5,7-8,12-15H,2-3,6,9-10H2,1H3,(H,20,22,23)/t12-,13?,14+,15-/m1/s1. The molecule has 1 amide bonds. The van der Waals surface area contributed by atoms with Crippen LogP contribution in [0.5, 0.6) is 0 Å². The van der Waals surface area contributed by atoms with E-state index >= 15 is 0 Å². The van der Waals surface area contributed by atoms with E-state index in [0.717, 1.165) is 37.4 Å². The lowest BCUT2D eigenvalue weighted by atomic mass is 10.1. The summed E-state index contributed by atoms with van der Waals surface area (Å²) in [5.74, 6) is 0.977. The van der Waals surface area contributed by atoms with E-state index < -0.39 is 12.1 Å². The van der Waals surface area contributed by atoms with E-state index in [0.29, 0.717) is 12.4 Å². The van der Waals surface area contributed by atoms with Gasteiger partial charge in [-0.25, -0.2) is 9.37 Å². The Labute approximate surface area is 156 Å². The molecule has 4 heterocycles. The highest BCUT2D eigenvalue weighted by Crippen LogP contribution is 2.40. The van der Waals surface area contributed by atoms with Crippen LogP contribution < -0.4 is 10.2 Å². The molecule has 8 nitrogen and oxygen atoms in total. The minimum Gasteiger partial charge on any atom is -0.352 e. The van der Waals surface area contributed by atoms with Gasteiger partial charge in [0.15, 0.2) is 0 Å². The van der Waals surface area contributed by atoms with Crippen LogP contribution in [-0.2, 0) is 11.8 Å². The van der Waals surface area contributed by atoms with Crippen LogP contribution in [0.25, 0.3) is 0 Å². The number of aryl methyl sites for hydroxylation is 1. The summed E-state index contributed by atoms with van der Waals surface area (Å²) in [4.78, 5) is 25.6. The number of rotatable bonds is 4. The first-order valence-corrected chi connectivity index (χ1v) is 9.38. The maximum Gasteiger partial charge on any atom is 0.229 e. The van der Waals surface area contributed by atoms with Crippen LogP contribution in [0, 0.1) is 5.92 Å². The zero-order valence-electron chi connectivity index (χ0n) is 15.1. The number of alkyl halides is 1. The second-order valence-electron chi connectivity index (χ2n) is 7.66. The number of nitrogens with one attached hydrogen (secondary N) is 1. The molecule has 1 unspecified atom stereocenters. The Hall–Kier alpha value is -2.71. The highest BCUT2D eigenvalue weighted by atomic mass is 19.1. The Morgan fingerprint density at radius 1 is 1.30 bits per heavy atom. The van der Waals surface area contributed by atoms with Crippen molar-refractivity contribution in [3.05, 3.63) is 24.7 Å². The van der Waals surface area contributed by atoms with Crippen LogP contribution in [-0.4, -0.2) is 61.9 Å². The van der Waals surface area contributed by atoms with E-state index in [2.05, 4.69) is 25.3 Å². The van der Waals surface area contributed by atoms with E-state index in [1.807, 2.05) is 24.2 Å². The molecule has 4 atom stereocenters.